The standard InChI is InChI=1S/C10H16N2S/c1-8(2)13-10(11-3)9-5-4-6-12-7-9/h4-5,7,10-12H,1,6H2,2-3H3. The van der Waals surface area contributed by atoms with Crippen LogP contribution in [-0.2, 0) is 0 Å². The highest BCUT2D eigenvalue weighted by Gasteiger charge is 2.11. The molecule has 2 N–H and O–H groups in total. The predicted molar refractivity (Wildman–Crippen MR) is 60.5 cm³/mol. The topological polar surface area (TPSA) is 24.1 Å². The maximum Gasteiger partial charge on any atom is 0.0844 e. The first-order chi connectivity index (χ1) is 6.24. The fourth-order valence-corrected chi connectivity index (χ4v) is 1.95. The quantitative estimate of drug-likeness (QED) is 0.671. The summed E-state index contributed by atoms with van der Waals surface area (Å²) in [5.41, 5.74) is 1.27. The normalized spacial score (nSPS) is 17.5. The summed E-state index contributed by atoms with van der Waals surface area (Å²) in [5.74, 6) is 0. The van der Waals surface area contributed by atoms with Crippen molar-refractivity contribution in [1.29, 1.82) is 0 Å². The number of likely N-dealkylation sites (N-methyl/N-ethyl adjacent to an activating group) is 1. The lowest BCUT2D eigenvalue weighted by molar-refractivity contribution is 0.818. The predicted octanol–water partition coefficient (Wildman–Crippen LogP) is 1.84. The van der Waals surface area contributed by atoms with Gasteiger partial charge in [0.25, 0.3) is 0 Å². The SMILES string of the molecule is C=C(C)SC(NC)C1=CNCC=C1. The molecule has 3 heteroatoms. The van der Waals surface area contributed by atoms with Crippen LogP contribution in [-0.4, -0.2) is 19.0 Å². The van der Waals surface area contributed by atoms with Crippen molar-refractivity contribution in [3.8, 4) is 0 Å². The van der Waals surface area contributed by atoms with E-state index >= 15 is 0 Å². The molecule has 0 aromatic rings. The third-order valence-electron chi connectivity index (χ3n) is 1.70. The Balaban J connectivity index is 2.59. The van der Waals surface area contributed by atoms with Crippen LogP contribution in [0.4, 0.5) is 0 Å². The number of nitrogens with one attached hydrogen (secondary N) is 2. The highest BCUT2D eigenvalue weighted by Crippen LogP contribution is 2.24. The van der Waals surface area contributed by atoms with Crippen LogP contribution in [0.25, 0.3) is 0 Å². The van der Waals surface area contributed by atoms with Crippen molar-refractivity contribution in [1.82, 2.24) is 10.6 Å². The van der Waals surface area contributed by atoms with Crippen molar-refractivity contribution >= 4 is 11.8 Å². The van der Waals surface area contributed by atoms with Gasteiger partial charge < -0.3 is 10.6 Å². The van der Waals surface area contributed by atoms with E-state index in [-0.39, 0.29) is 0 Å². The van der Waals surface area contributed by atoms with Gasteiger partial charge >= 0.3 is 0 Å². The molecule has 0 radical (unpaired) electrons. The largest absolute Gasteiger partial charge is 0.387 e. The number of dihydropyridines is 1. The van der Waals surface area contributed by atoms with E-state index in [1.54, 1.807) is 11.8 Å². The maximum atomic E-state index is 3.89. The number of rotatable bonds is 4. The zero-order valence-electron chi connectivity index (χ0n) is 8.13. The molecule has 0 spiro atoms. The highest BCUT2D eigenvalue weighted by molar-refractivity contribution is 8.03. The minimum atomic E-state index is 0.307. The summed E-state index contributed by atoms with van der Waals surface area (Å²) in [7, 11) is 1.96. The van der Waals surface area contributed by atoms with Crippen LogP contribution in [0.1, 0.15) is 6.92 Å². The molecule has 0 saturated heterocycles. The van der Waals surface area contributed by atoms with Gasteiger partial charge in [-0.15, -0.1) is 11.8 Å². The minimum Gasteiger partial charge on any atom is -0.387 e. The highest BCUT2D eigenvalue weighted by atomic mass is 32.2. The Morgan fingerprint density at radius 1 is 1.77 bits per heavy atom. The Morgan fingerprint density at radius 3 is 3.00 bits per heavy atom. The average molecular weight is 196 g/mol. The first-order valence-electron chi connectivity index (χ1n) is 4.33. The molecule has 1 aliphatic heterocycles. The van der Waals surface area contributed by atoms with E-state index in [1.165, 1.54) is 5.57 Å². The summed E-state index contributed by atoms with van der Waals surface area (Å²) >= 11 is 1.74. The van der Waals surface area contributed by atoms with Crippen LogP contribution in [0, 0.1) is 0 Å². The molecule has 72 valence electrons. The van der Waals surface area contributed by atoms with Crippen LogP contribution in [0.15, 0.2) is 35.4 Å². The van der Waals surface area contributed by atoms with Gasteiger partial charge in [0, 0.05) is 12.7 Å². The van der Waals surface area contributed by atoms with Crippen molar-refractivity contribution in [2.45, 2.75) is 12.3 Å². The summed E-state index contributed by atoms with van der Waals surface area (Å²) in [6.07, 6.45) is 6.32. The molecule has 0 aromatic carbocycles. The van der Waals surface area contributed by atoms with E-state index < -0.39 is 0 Å². The molecule has 2 nitrogen and oxygen atoms in total. The van der Waals surface area contributed by atoms with Gasteiger partial charge in [0.05, 0.1) is 5.37 Å². The lowest BCUT2D eigenvalue weighted by atomic mass is 10.2. The molecule has 1 unspecified atom stereocenters. The number of allylic oxidation sites excluding steroid dienone is 1. The lowest BCUT2D eigenvalue weighted by Crippen LogP contribution is -2.26. The molecule has 0 aliphatic carbocycles. The lowest BCUT2D eigenvalue weighted by Gasteiger charge is -2.19. The number of thioether (sulfide) groups is 1. The third kappa shape index (κ3) is 3.28. The second-order valence-electron chi connectivity index (χ2n) is 2.94. The Bertz CT molecular complexity index is 243. The fraction of sp³-hybridized carbons (Fsp3) is 0.400. The van der Waals surface area contributed by atoms with Gasteiger partial charge in [-0.2, -0.15) is 0 Å². The third-order valence-corrected chi connectivity index (χ3v) is 2.84. The zero-order chi connectivity index (χ0) is 9.68. The van der Waals surface area contributed by atoms with Gasteiger partial charge in [0.15, 0.2) is 0 Å². The zero-order valence-corrected chi connectivity index (χ0v) is 8.95. The van der Waals surface area contributed by atoms with Crippen molar-refractivity contribution in [3.63, 3.8) is 0 Å². The maximum absolute atomic E-state index is 3.89. The molecule has 1 atom stereocenters. The van der Waals surface area contributed by atoms with E-state index in [0.29, 0.717) is 5.37 Å². The molecule has 0 amide bonds. The Morgan fingerprint density at radius 2 is 2.54 bits per heavy atom. The Labute approximate surface area is 84.2 Å². The molecule has 1 aliphatic rings. The molecule has 0 saturated carbocycles. The molecule has 0 fully saturated rings. The molecular formula is C10H16N2S. The second kappa shape index (κ2) is 5.14. The smallest absolute Gasteiger partial charge is 0.0844 e. The monoisotopic (exact) mass is 196 g/mol. The average Bonchev–Trinajstić information content (AvgIpc) is 2.15. The van der Waals surface area contributed by atoms with Crippen molar-refractivity contribution in [3.05, 3.63) is 35.4 Å². The summed E-state index contributed by atoms with van der Waals surface area (Å²) in [6.45, 7) is 6.84. The van der Waals surface area contributed by atoms with Gasteiger partial charge in [-0.1, -0.05) is 18.7 Å². The molecule has 1 rings (SSSR count). The van der Waals surface area contributed by atoms with E-state index in [2.05, 4.69) is 35.6 Å². The summed E-state index contributed by atoms with van der Waals surface area (Å²) in [5, 5.41) is 6.74. The van der Waals surface area contributed by atoms with Gasteiger partial charge in [-0.05, 0) is 24.4 Å². The van der Waals surface area contributed by atoms with E-state index in [4.69, 9.17) is 0 Å². The summed E-state index contributed by atoms with van der Waals surface area (Å²) in [6, 6.07) is 0. The van der Waals surface area contributed by atoms with E-state index in [1.807, 2.05) is 14.0 Å². The number of hydrogen-bond donors (Lipinski definition) is 2. The van der Waals surface area contributed by atoms with Gasteiger partial charge in [0.2, 0.25) is 0 Å². The van der Waals surface area contributed by atoms with Gasteiger partial charge in [0.1, 0.15) is 0 Å². The molecule has 13 heavy (non-hydrogen) atoms. The Kier molecular flexibility index (Phi) is 4.12. The van der Waals surface area contributed by atoms with Crippen molar-refractivity contribution in [2.24, 2.45) is 0 Å². The van der Waals surface area contributed by atoms with E-state index in [9.17, 15) is 0 Å². The van der Waals surface area contributed by atoms with Gasteiger partial charge in [-0.3, -0.25) is 0 Å². The van der Waals surface area contributed by atoms with Crippen molar-refractivity contribution in [2.75, 3.05) is 13.6 Å². The van der Waals surface area contributed by atoms with Crippen LogP contribution >= 0.6 is 11.8 Å². The second-order valence-corrected chi connectivity index (χ2v) is 4.35. The summed E-state index contributed by atoms with van der Waals surface area (Å²) in [4.78, 5) is 1.12. The van der Waals surface area contributed by atoms with Crippen LogP contribution in [0.5, 0.6) is 0 Å². The van der Waals surface area contributed by atoms with Crippen LogP contribution < -0.4 is 10.6 Å². The van der Waals surface area contributed by atoms with Crippen molar-refractivity contribution < 1.29 is 0 Å². The fourth-order valence-electron chi connectivity index (χ4n) is 1.15. The molecule has 0 bridgehead atoms. The number of hydrogen-bond acceptors (Lipinski definition) is 3. The first kappa shape index (κ1) is 10.4. The first-order valence-corrected chi connectivity index (χ1v) is 5.21. The molecule has 0 aromatic heterocycles. The molecule has 1 heterocycles. The Hall–Kier alpha value is -0.670. The van der Waals surface area contributed by atoms with Crippen LogP contribution in [0.2, 0.25) is 0 Å². The molecular weight excluding hydrogens is 180 g/mol. The summed E-state index contributed by atoms with van der Waals surface area (Å²) < 4.78 is 0. The van der Waals surface area contributed by atoms with Crippen LogP contribution in [0.3, 0.4) is 0 Å². The van der Waals surface area contributed by atoms with Gasteiger partial charge in [-0.25, -0.2) is 0 Å². The van der Waals surface area contributed by atoms with E-state index in [0.717, 1.165) is 11.4 Å². The minimum absolute atomic E-state index is 0.307.